The molecule has 1 aromatic heterocycles. The number of nitrogens with zero attached hydrogens (tertiary/aromatic N) is 2. The van der Waals surface area contributed by atoms with Crippen LogP contribution in [0.5, 0.6) is 0 Å². The van der Waals surface area contributed by atoms with E-state index >= 15 is 0 Å². The van der Waals surface area contributed by atoms with Crippen LogP contribution in [-0.4, -0.2) is 50.9 Å². The Hall–Kier alpha value is -2.78. The lowest BCUT2D eigenvalue weighted by atomic mass is 9.75. The smallest absolute Gasteiger partial charge is 0.426 e. The number of carbonyl (C=O) groups is 2. The first-order valence-corrected chi connectivity index (χ1v) is 13.2. The first-order valence-electron chi connectivity index (χ1n) is 13.2. The van der Waals surface area contributed by atoms with E-state index in [0.717, 1.165) is 55.3 Å². The Morgan fingerprint density at radius 3 is 2.42 bits per heavy atom. The Labute approximate surface area is 214 Å². The van der Waals surface area contributed by atoms with Crippen LogP contribution in [0.25, 0.3) is 0 Å². The Balaban J connectivity index is 1.89. The van der Waals surface area contributed by atoms with Crippen molar-refractivity contribution in [3.63, 3.8) is 0 Å². The van der Waals surface area contributed by atoms with Gasteiger partial charge in [-0.2, -0.15) is 0 Å². The lowest BCUT2D eigenvalue weighted by Crippen LogP contribution is -2.55. The van der Waals surface area contributed by atoms with Crippen LogP contribution in [0.4, 0.5) is 0 Å². The van der Waals surface area contributed by atoms with Gasteiger partial charge in [-0.05, 0) is 49.1 Å². The van der Waals surface area contributed by atoms with E-state index in [0.29, 0.717) is 6.42 Å². The van der Waals surface area contributed by atoms with E-state index in [9.17, 15) is 19.6 Å². The van der Waals surface area contributed by atoms with Crippen molar-refractivity contribution < 1.29 is 19.6 Å². The van der Waals surface area contributed by atoms with Crippen molar-refractivity contribution in [2.24, 2.45) is 5.92 Å². The SMILES string of the molecule is CC(C)C[C@H](NC(=O)[C@@H]1Cc2ccccc2CCCCCCCCc2cncc(n2)C(=O)N1)B(O)O. The van der Waals surface area contributed by atoms with Gasteiger partial charge in [0.2, 0.25) is 5.91 Å². The van der Waals surface area contributed by atoms with Crippen molar-refractivity contribution in [2.45, 2.75) is 90.0 Å². The highest BCUT2D eigenvalue weighted by Crippen LogP contribution is 2.17. The summed E-state index contributed by atoms with van der Waals surface area (Å²) in [7, 11) is -1.70. The molecular formula is C27H39BN4O4. The van der Waals surface area contributed by atoms with E-state index in [1.54, 1.807) is 6.20 Å². The second-order valence-electron chi connectivity index (χ2n) is 10.2. The maximum atomic E-state index is 13.4. The fourth-order valence-electron chi connectivity index (χ4n) is 4.67. The van der Waals surface area contributed by atoms with Gasteiger partial charge in [0.1, 0.15) is 11.7 Å². The third-order valence-electron chi connectivity index (χ3n) is 6.62. The standard InChI is InChI=1S/C27H39BN4O4/c1-19(2)15-25(28(35)36)32-26(33)23-16-21-13-10-9-12-20(21)11-7-5-3-4-6-8-14-22-17-29-18-24(30-22)27(34)31-23/h9-10,12-13,17-19,23,25,35-36H,3-8,11,14-16H2,1-2H3,(H,31,34)(H,32,33)/t23-,25-/m0/s1. The van der Waals surface area contributed by atoms with Crippen LogP contribution in [0.1, 0.15) is 86.1 Å². The average molecular weight is 494 g/mol. The van der Waals surface area contributed by atoms with Crippen LogP contribution in [0, 0.1) is 5.92 Å². The molecule has 0 fully saturated rings. The monoisotopic (exact) mass is 494 g/mol. The van der Waals surface area contributed by atoms with E-state index in [1.165, 1.54) is 19.0 Å². The summed E-state index contributed by atoms with van der Waals surface area (Å²) < 4.78 is 0. The molecule has 0 unspecified atom stereocenters. The highest BCUT2D eigenvalue weighted by atomic mass is 16.4. The molecule has 3 rings (SSSR count). The third-order valence-corrected chi connectivity index (χ3v) is 6.62. The molecule has 36 heavy (non-hydrogen) atoms. The van der Waals surface area contributed by atoms with Crippen LogP contribution in [-0.2, 0) is 24.1 Å². The molecule has 2 aromatic rings. The topological polar surface area (TPSA) is 124 Å². The third kappa shape index (κ3) is 8.71. The summed E-state index contributed by atoms with van der Waals surface area (Å²) in [5.74, 6) is -1.63. The van der Waals surface area contributed by atoms with Gasteiger partial charge in [0.15, 0.2) is 0 Å². The predicted molar refractivity (Wildman–Crippen MR) is 140 cm³/mol. The lowest BCUT2D eigenvalue weighted by Gasteiger charge is -2.25. The molecule has 1 aliphatic heterocycles. The summed E-state index contributed by atoms with van der Waals surface area (Å²) in [6.07, 6.45) is 12.1. The number of aromatic nitrogens is 2. The van der Waals surface area contributed by atoms with Gasteiger partial charge in [0, 0.05) is 12.6 Å². The normalized spacial score (nSPS) is 18.5. The molecule has 0 saturated heterocycles. The minimum atomic E-state index is -1.70. The molecule has 0 radical (unpaired) electrons. The molecule has 194 valence electrons. The summed E-state index contributed by atoms with van der Waals surface area (Å²) in [6, 6.07) is 7.09. The van der Waals surface area contributed by atoms with Crippen molar-refractivity contribution in [1.29, 1.82) is 0 Å². The highest BCUT2D eigenvalue weighted by Gasteiger charge is 2.30. The van der Waals surface area contributed by atoms with E-state index in [1.807, 2.05) is 32.0 Å². The van der Waals surface area contributed by atoms with Gasteiger partial charge >= 0.3 is 7.12 Å². The molecule has 0 spiro atoms. The fraction of sp³-hybridized carbons (Fsp3) is 0.556. The summed E-state index contributed by atoms with van der Waals surface area (Å²) >= 11 is 0. The van der Waals surface area contributed by atoms with Crippen molar-refractivity contribution in [3.05, 3.63) is 59.2 Å². The number of nitrogens with one attached hydrogen (secondary N) is 2. The molecule has 2 heterocycles. The Bertz CT molecular complexity index is 1000. The predicted octanol–water partition coefficient (Wildman–Crippen LogP) is 2.80. The second kappa shape index (κ2) is 14.1. The van der Waals surface area contributed by atoms with Crippen LogP contribution in [0.2, 0.25) is 0 Å². The number of rotatable bonds is 5. The molecule has 1 aromatic carbocycles. The van der Waals surface area contributed by atoms with Crippen molar-refractivity contribution in [1.82, 2.24) is 20.6 Å². The van der Waals surface area contributed by atoms with Gasteiger partial charge in [-0.3, -0.25) is 14.6 Å². The molecule has 2 amide bonds. The number of benzene rings is 1. The lowest BCUT2D eigenvalue weighted by molar-refractivity contribution is -0.123. The van der Waals surface area contributed by atoms with Crippen LogP contribution in [0.15, 0.2) is 36.7 Å². The number of aryl methyl sites for hydroxylation is 2. The van der Waals surface area contributed by atoms with Gasteiger partial charge in [0.05, 0.1) is 17.8 Å². The number of hydrogen-bond donors (Lipinski definition) is 4. The van der Waals surface area contributed by atoms with Crippen molar-refractivity contribution in [3.8, 4) is 0 Å². The van der Waals surface area contributed by atoms with Crippen LogP contribution >= 0.6 is 0 Å². The zero-order chi connectivity index (χ0) is 25.9. The fourth-order valence-corrected chi connectivity index (χ4v) is 4.67. The van der Waals surface area contributed by atoms with Gasteiger partial charge in [-0.15, -0.1) is 0 Å². The Morgan fingerprint density at radius 1 is 1.06 bits per heavy atom. The molecule has 4 N–H and O–H groups in total. The number of amides is 2. The Kier molecular flexibility index (Phi) is 10.9. The molecule has 0 aliphatic carbocycles. The van der Waals surface area contributed by atoms with Gasteiger partial charge in [-0.1, -0.05) is 63.8 Å². The molecule has 1 aliphatic rings. The molecule has 9 heteroatoms. The quantitative estimate of drug-likeness (QED) is 0.474. The first kappa shape index (κ1) is 27.8. The van der Waals surface area contributed by atoms with Crippen molar-refractivity contribution >= 4 is 18.9 Å². The summed E-state index contributed by atoms with van der Waals surface area (Å²) in [6.45, 7) is 3.89. The van der Waals surface area contributed by atoms with Gasteiger partial charge < -0.3 is 20.7 Å². The Morgan fingerprint density at radius 2 is 1.72 bits per heavy atom. The zero-order valence-corrected chi connectivity index (χ0v) is 21.4. The van der Waals surface area contributed by atoms with Gasteiger partial charge in [0.25, 0.3) is 5.91 Å². The highest BCUT2D eigenvalue weighted by molar-refractivity contribution is 6.43. The average Bonchev–Trinajstić information content (AvgIpc) is 2.85. The summed E-state index contributed by atoms with van der Waals surface area (Å²) in [4.78, 5) is 35.2. The summed E-state index contributed by atoms with van der Waals surface area (Å²) in [5.41, 5.74) is 3.09. The van der Waals surface area contributed by atoms with Crippen LogP contribution in [0.3, 0.4) is 0 Å². The second-order valence-corrected chi connectivity index (χ2v) is 10.2. The zero-order valence-electron chi connectivity index (χ0n) is 21.4. The molecule has 2 bridgehead atoms. The number of carbonyl (C=O) groups excluding carboxylic acids is 2. The van der Waals surface area contributed by atoms with E-state index in [4.69, 9.17) is 0 Å². The number of fused-ring (bicyclic) bond motifs is 3. The largest absolute Gasteiger partial charge is 0.475 e. The molecule has 0 saturated carbocycles. The van der Waals surface area contributed by atoms with E-state index in [-0.39, 0.29) is 18.0 Å². The van der Waals surface area contributed by atoms with E-state index in [2.05, 4.69) is 26.7 Å². The maximum absolute atomic E-state index is 13.4. The van der Waals surface area contributed by atoms with Crippen LogP contribution < -0.4 is 10.6 Å². The minimum absolute atomic E-state index is 0.145. The van der Waals surface area contributed by atoms with E-state index < -0.39 is 30.9 Å². The maximum Gasteiger partial charge on any atom is 0.475 e. The molecular weight excluding hydrogens is 455 g/mol. The number of hydrogen-bond acceptors (Lipinski definition) is 6. The molecule has 8 nitrogen and oxygen atoms in total. The van der Waals surface area contributed by atoms with Crippen molar-refractivity contribution in [2.75, 3.05) is 0 Å². The summed E-state index contributed by atoms with van der Waals surface area (Å²) in [5, 5.41) is 25.2. The molecule has 2 atom stereocenters. The first-order chi connectivity index (χ1) is 17.3. The minimum Gasteiger partial charge on any atom is -0.426 e. The van der Waals surface area contributed by atoms with Gasteiger partial charge in [-0.25, -0.2) is 4.98 Å².